The van der Waals surface area contributed by atoms with E-state index >= 15 is 0 Å². The maximum atomic E-state index is 11.9. The highest BCUT2D eigenvalue weighted by Crippen LogP contribution is 2.19. The van der Waals surface area contributed by atoms with Gasteiger partial charge in [0.05, 0.1) is 5.75 Å². The maximum Gasteiger partial charge on any atom is 0.236 e. The molecule has 2 heterocycles. The van der Waals surface area contributed by atoms with Crippen molar-refractivity contribution in [2.45, 2.75) is 64.1 Å². The summed E-state index contributed by atoms with van der Waals surface area (Å²) in [4.78, 5) is 16.0. The number of unbranched alkanes of at least 4 members (excludes halogenated alkanes) is 4. The summed E-state index contributed by atoms with van der Waals surface area (Å²) in [5.74, 6) is 1.27. The van der Waals surface area contributed by atoms with Gasteiger partial charge in [0.1, 0.15) is 5.82 Å². The minimum atomic E-state index is -0.0679. The molecule has 132 valence electrons. The third kappa shape index (κ3) is 5.90. The molecule has 8 heteroatoms. The number of nitrogens with zero attached hydrogens (tertiary/aromatic N) is 4. The van der Waals surface area contributed by atoms with Gasteiger partial charge in [0, 0.05) is 24.5 Å². The van der Waals surface area contributed by atoms with Crippen LogP contribution in [0.15, 0.2) is 16.7 Å². The van der Waals surface area contributed by atoms with Crippen LogP contribution in [0.2, 0.25) is 0 Å². The second-order valence-electron chi connectivity index (χ2n) is 5.48. The van der Waals surface area contributed by atoms with Crippen LogP contribution in [0.25, 0.3) is 0 Å². The maximum absolute atomic E-state index is 11.9. The minimum absolute atomic E-state index is 0.0679. The van der Waals surface area contributed by atoms with Gasteiger partial charge in [-0.25, -0.2) is 4.98 Å². The molecule has 24 heavy (non-hydrogen) atoms. The summed E-state index contributed by atoms with van der Waals surface area (Å²) < 4.78 is 2.11. The van der Waals surface area contributed by atoms with Crippen molar-refractivity contribution < 1.29 is 4.79 Å². The minimum Gasteiger partial charge on any atom is -0.306 e. The molecule has 0 saturated carbocycles. The molecule has 2 rings (SSSR count). The molecular formula is C16H25N5OS2. The van der Waals surface area contributed by atoms with Crippen molar-refractivity contribution >= 4 is 34.1 Å². The molecule has 0 radical (unpaired) electrons. The van der Waals surface area contributed by atoms with Gasteiger partial charge in [-0.15, -0.1) is 21.5 Å². The number of carbonyl (C=O) groups is 1. The molecule has 1 amide bonds. The van der Waals surface area contributed by atoms with Crippen LogP contribution >= 0.6 is 23.1 Å². The zero-order valence-electron chi connectivity index (χ0n) is 14.3. The second-order valence-corrected chi connectivity index (χ2v) is 7.32. The number of hydrogen-bond acceptors (Lipinski definition) is 6. The molecular weight excluding hydrogens is 342 g/mol. The first kappa shape index (κ1) is 18.9. The van der Waals surface area contributed by atoms with Crippen molar-refractivity contribution in [3.63, 3.8) is 0 Å². The first-order valence-corrected chi connectivity index (χ1v) is 10.3. The molecule has 0 atom stereocenters. The van der Waals surface area contributed by atoms with E-state index in [1.165, 1.54) is 48.8 Å². The summed E-state index contributed by atoms with van der Waals surface area (Å²) in [6.45, 7) is 5.14. The molecule has 0 saturated heterocycles. The van der Waals surface area contributed by atoms with E-state index < -0.39 is 0 Å². The lowest BCUT2D eigenvalue weighted by Crippen LogP contribution is -2.14. The van der Waals surface area contributed by atoms with Crippen molar-refractivity contribution in [1.82, 2.24) is 19.7 Å². The average Bonchev–Trinajstić information content (AvgIpc) is 3.22. The molecule has 0 aromatic carbocycles. The summed E-state index contributed by atoms with van der Waals surface area (Å²) >= 11 is 2.84. The number of thiazole rings is 1. The predicted octanol–water partition coefficient (Wildman–Crippen LogP) is 4.00. The Kier molecular flexibility index (Phi) is 8.24. The van der Waals surface area contributed by atoms with Crippen molar-refractivity contribution in [1.29, 1.82) is 0 Å². The molecule has 0 aliphatic carbocycles. The number of thioether (sulfide) groups is 1. The quantitative estimate of drug-likeness (QED) is 0.480. The molecule has 0 aliphatic heterocycles. The number of anilines is 1. The topological polar surface area (TPSA) is 72.7 Å². The zero-order valence-corrected chi connectivity index (χ0v) is 16.0. The molecule has 2 aromatic rings. The van der Waals surface area contributed by atoms with E-state index in [0.29, 0.717) is 10.9 Å². The molecule has 6 nitrogen and oxygen atoms in total. The number of amides is 1. The van der Waals surface area contributed by atoms with Crippen molar-refractivity contribution in [3.05, 3.63) is 17.4 Å². The molecule has 1 N–H and O–H groups in total. The Bertz CT molecular complexity index is 612. The van der Waals surface area contributed by atoms with Crippen molar-refractivity contribution in [3.8, 4) is 0 Å². The van der Waals surface area contributed by atoms with Crippen LogP contribution in [0.3, 0.4) is 0 Å². The normalized spacial score (nSPS) is 10.9. The van der Waals surface area contributed by atoms with Gasteiger partial charge in [0.25, 0.3) is 0 Å². The van der Waals surface area contributed by atoms with E-state index in [0.717, 1.165) is 30.4 Å². The summed E-state index contributed by atoms with van der Waals surface area (Å²) in [5, 5.41) is 14.6. The Hall–Kier alpha value is -1.41. The predicted molar refractivity (Wildman–Crippen MR) is 99.6 cm³/mol. The van der Waals surface area contributed by atoms with Gasteiger partial charge in [-0.05, 0) is 13.3 Å². The lowest BCUT2D eigenvalue weighted by Gasteiger charge is -2.07. The zero-order chi connectivity index (χ0) is 17.2. The van der Waals surface area contributed by atoms with Crippen LogP contribution in [0.1, 0.15) is 51.8 Å². The number of aromatic nitrogens is 4. The Morgan fingerprint density at radius 3 is 2.79 bits per heavy atom. The summed E-state index contributed by atoms with van der Waals surface area (Å²) in [6.07, 6.45) is 8.86. The van der Waals surface area contributed by atoms with E-state index in [1.54, 1.807) is 6.20 Å². The van der Waals surface area contributed by atoms with E-state index in [-0.39, 0.29) is 5.91 Å². The van der Waals surface area contributed by atoms with E-state index in [9.17, 15) is 4.79 Å². The van der Waals surface area contributed by atoms with Crippen LogP contribution in [0.5, 0.6) is 0 Å². The highest BCUT2D eigenvalue weighted by atomic mass is 32.2. The number of hydrogen-bond donors (Lipinski definition) is 1. The highest BCUT2D eigenvalue weighted by Gasteiger charge is 2.13. The van der Waals surface area contributed by atoms with Gasteiger partial charge in [-0.3, -0.25) is 4.79 Å². The fourth-order valence-corrected chi connectivity index (χ4v) is 3.75. The van der Waals surface area contributed by atoms with Gasteiger partial charge < -0.3 is 9.88 Å². The summed E-state index contributed by atoms with van der Waals surface area (Å²) in [6, 6.07) is 0. The molecule has 0 unspecified atom stereocenters. The number of nitrogens with one attached hydrogen (secondary N) is 1. The Labute approximate surface area is 151 Å². The Balaban J connectivity index is 1.81. The van der Waals surface area contributed by atoms with Gasteiger partial charge in [0.15, 0.2) is 10.3 Å². The molecule has 0 fully saturated rings. The molecule has 0 aliphatic rings. The molecule has 0 spiro atoms. The summed E-state index contributed by atoms with van der Waals surface area (Å²) in [7, 11) is 0. The van der Waals surface area contributed by atoms with Crippen molar-refractivity contribution in [2.24, 2.45) is 0 Å². The second kappa shape index (κ2) is 10.5. The van der Waals surface area contributed by atoms with Crippen LogP contribution in [0.4, 0.5) is 5.13 Å². The SMILES string of the molecule is CCCCCCCc1nnc(SCC(=O)Nc2nccs2)n1CC. The van der Waals surface area contributed by atoms with E-state index in [4.69, 9.17) is 0 Å². The largest absolute Gasteiger partial charge is 0.306 e. The molecule has 0 bridgehead atoms. The van der Waals surface area contributed by atoms with Gasteiger partial charge in [-0.1, -0.05) is 44.4 Å². The number of aryl methyl sites for hydroxylation is 1. The van der Waals surface area contributed by atoms with Crippen LogP contribution < -0.4 is 5.32 Å². The van der Waals surface area contributed by atoms with Gasteiger partial charge in [0.2, 0.25) is 5.91 Å². The standard InChI is InChI=1S/C16H25N5OS2/c1-3-5-6-7-8-9-13-19-20-16(21(13)4-2)24-12-14(22)18-15-17-10-11-23-15/h10-11H,3-9,12H2,1-2H3,(H,17,18,22). The monoisotopic (exact) mass is 367 g/mol. The summed E-state index contributed by atoms with van der Waals surface area (Å²) in [5.41, 5.74) is 0. The molecule has 2 aromatic heterocycles. The smallest absolute Gasteiger partial charge is 0.236 e. The highest BCUT2D eigenvalue weighted by molar-refractivity contribution is 7.99. The third-order valence-electron chi connectivity index (χ3n) is 3.62. The van der Waals surface area contributed by atoms with E-state index in [1.807, 2.05) is 5.38 Å². The third-order valence-corrected chi connectivity index (χ3v) is 5.28. The number of carbonyl (C=O) groups excluding carboxylic acids is 1. The number of rotatable bonds is 11. The lowest BCUT2D eigenvalue weighted by molar-refractivity contribution is -0.113. The fraction of sp³-hybridized carbons (Fsp3) is 0.625. The van der Waals surface area contributed by atoms with Crippen LogP contribution in [-0.4, -0.2) is 31.4 Å². The average molecular weight is 368 g/mol. The van der Waals surface area contributed by atoms with Crippen LogP contribution in [-0.2, 0) is 17.8 Å². The van der Waals surface area contributed by atoms with Crippen molar-refractivity contribution in [2.75, 3.05) is 11.1 Å². The lowest BCUT2D eigenvalue weighted by atomic mass is 10.1. The van der Waals surface area contributed by atoms with Gasteiger partial charge >= 0.3 is 0 Å². The first-order chi connectivity index (χ1) is 11.7. The Morgan fingerprint density at radius 2 is 2.08 bits per heavy atom. The Morgan fingerprint density at radius 1 is 1.25 bits per heavy atom. The first-order valence-electron chi connectivity index (χ1n) is 8.48. The van der Waals surface area contributed by atoms with Crippen LogP contribution in [0, 0.1) is 0 Å². The van der Waals surface area contributed by atoms with E-state index in [2.05, 4.69) is 38.9 Å². The van der Waals surface area contributed by atoms with Gasteiger partial charge in [-0.2, -0.15) is 0 Å². The fourth-order valence-electron chi connectivity index (χ4n) is 2.39.